The summed E-state index contributed by atoms with van der Waals surface area (Å²) in [7, 11) is 0. The first kappa shape index (κ1) is 18.3. The summed E-state index contributed by atoms with van der Waals surface area (Å²) in [6.07, 6.45) is 7.12. The molecule has 0 spiro atoms. The Morgan fingerprint density at radius 2 is 1.93 bits per heavy atom. The van der Waals surface area contributed by atoms with Gasteiger partial charge in [0.1, 0.15) is 5.70 Å². The molecule has 2 aromatic rings. The Balaban J connectivity index is 1.63. The monoisotopic (exact) mass is 404 g/mol. The minimum atomic E-state index is -0.892. The summed E-state index contributed by atoms with van der Waals surface area (Å²) in [6, 6.07) is 5.80. The molecule has 0 bridgehead atoms. The highest BCUT2D eigenvalue weighted by atomic mass is 32.1. The van der Waals surface area contributed by atoms with Crippen molar-refractivity contribution in [1.82, 2.24) is 10.2 Å². The Labute approximate surface area is 165 Å². The number of rotatable bonds is 3. The Bertz CT molecular complexity index is 932. The fourth-order valence-corrected chi connectivity index (χ4v) is 4.88. The molecule has 1 N–H and O–H groups in total. The van der Waals surface area contributed by atoms with Gasteiger partial charge in [-0.3, -0.25) is 9.69 Å². The Morgan fingerprint density at radius 1 is 1.15 bits per heavy atom. The lowest BCUT2D eigenvalue weighted by Crippen LogP contribution is -2.41. The van der Waals surface area contributed by atoms with Crippen LogP contribution in [0.5, 0.6) is 0 Å². The van der Waals surface area contributed by atoms with Crippen LogP contribution in [0.1, 0.15) is 37.0 Å². The number of amides is 1. The van der Waals surface area contributed by atoms with Crippen molar-refractivity contribution in [2.24, 2.45) is 0 Å². The molecule has 0 atom stereocenters. The molecule has 0 unspecified atom stereocenters. The molecule has 2 fully saturated rings. The topological polar surface area (TPSA) is 32.3 Å². The zero-order valence-corrected chi connectivity index (χ0v) is 16.1. The van der Waals surface area contributed by atoms with Crippen LogP contribution in [0.15, 0.2) is 35.3 Å². The fourth-order valence-electron chi connectivity index (χ4n) is 3.69. The minimum absolute atomic E-state index is 0.114. The summed E-state index contributed by atoms with van der Waals surface area (Å²) in [6.45, 7) is 0. The molecule has 1 aliphatic carbocycles. The maximum absolute atomic E-state index is 13.6. The smallest absolute Gasteiger partial charge is 0.276 e. The first-order valence-electron chi connectivity index (χ1n) is 8.94. The number of benzene rings is 1. The molecule has 140 valence electrons. The van der Waals surface area contributed by atoms with Crippen LogP contribution < -0.4 is 5.32 Å². The van der Waals surface area contributed by atoms with E-state index in [1.807, 2.05) is 11.4 Å². The van der Waals surface area contributed by atoms with E-state index in [1.54, 1.807) is 11.0 Å². The summed E-state index contributed by atoms with van der Waals surface area (Å²) < 4.78 is 26.8. The van der Waals surface area contributed by atoms with E-state index in [0.29, 0.717) is 16.4 Å². The molecule has 2 aliphatic rings. The van der Waals surface area contributed by atoms with Gasteiger partial charge in [-0.2, -0.15) is 0 Å². The van der Waals surface area contributed by atoms with Crippen molar-refractivity contribution < 1.29 is 13.6 Å². The van der Waals surface area contributed by atoms with Crippen LogP contribution in [0.2, 0.25) is 0 Å². The van der Waals surface area contributed by atoms with Gasteiger partial charge in [-0.15, -0.1) is 11.3 Å². The predicted molar refractivity (Wildman–Crippen MR) is 107 cm³/mol. The average molecular weight is 405 g/mol. The maximum atomic E-state index is 13.6. The van der Waals surface area contributed by atoms with E-state index in [-0.39, 0.29) is 11.9 Å². The van der Waals surface area contributed by atoms with Crippen molar-refractivity contribution >= 4 is 40.7 Å². The summed E-state index contributed by atoms with van der Waals surface area (Å²) in [4.78, 5) is 15.4. The first-order valence-corrected chi connectivity index (χ1v) is 10.2. The third kappa shape index (κ3) is 3.53. The van der Waals surface area contributed by atoms with E-state index < -0.39 is 11.6 Å². The zero-order valence-electron chi connectivity index (χ0n) is 14.5. The van der Waals surface area contributed by atoms with Gasteiger partial charge in [0.25, 0.3) is 5.91 Å². The van der Waals surface area contributed by atoms with Gasteiger partial charge in [-0.05, 0) is 65.8 Å². The third-order valence-electron chi connectivity index (χ3n) is 5.05. The van der Waals surface area contributed by atoms with Crippen molar-refractivity contribution in [3.05, 3.63) is 51.9 Å². The lowest BCUT2D eigenvalue weighted by atomic mass is 9.94. The van der Waals surface area contributed by atoms with E-state index in [9.17, 15) is 13.6 Å². The largest absolute Gasteiger partial charge is 0.328 e. The van der Waals surface area contributed by atoms with Crippen LogP contribution in [0.4, 0.5) is 8.78 Å². The second-order valence-electron chi connectivity index (χ2n) is 6.78. The van der Waals surface area contributed by atoms with E-state index in [1.165, 1.54) is 29.9 Å². The van der Waals surface area contributed by atoms with Gasteiger partial charge in [0.05, 0.1) is 0 Å². The summed E-state index contributed by atoms with van der Waals surface area (Å²) in [5, 5.41) is 5.34. The first-order chi connectivity index (χ1) is 13.0. The zero-order chi connectivity index (χ0) is 19.0. The van der Waals surface area contributed by atoms with Crippen LogP contribution in [-0.2, 0) is 4.79 Å². The van der Waals surface area contributed by atoms with Gasteiger partial charge >= 0.3 is 0 Å². The van der Waals surface area contributed by atoms with Crippen LogP contribution in [-0.4, -0.2) is 22.0 Å². The number of carbonyl (C=O) groups is 1. The standard InChI is InChI=1S/C20H18F2N2OS2/c21-15-7-6-12(10-16(15)22)14-8-9-27-18(14)11-17-19(25)24(20(26)23-17)13-4-2-1-3-5-13/h6-11,13H,1-5H2,(H,23,26)/b17-11-. The van der Waals surface area contributed by atoms with Gasteiger partial charge in [0, 0.05) is 10.9 Å². The predicted octanol–water partition coefficient (Wildman–Crippen LogP) is 5.08. The molecule has 1 saturated carbocycles. The van der Waals surface area contributed by atoms with Crippen LogP contribution in [0.25, 0.3) is 17.2 Å². The highest BCUT2D eigenvalue weighted by molar-refractivity contribution is 7.80. The van der Waals surface area contributed by atoms with E-state index in [4.69, 9.17) is 12.2 Å². The Kier molecular flexibility index (Phi) is 5.06. The van der Waals surface area contributed by atoms with Crippen molar-refractivity contribution in [3.8, 4) is 11.1 Å². The van der Waals surface area contributed by atoms with Gasteiger partial charge in [-0.1, -0.05) is 25.3 Å². The van der Waals surface area contributed by atoms with Gasteiger partial charge in [0.15, 0.2) is 16.7 Å². The quantitative estimate of drug-likeness (QED) is 0.572. The molecule has 4 rings (SSSR count). The Hall–Kier alpha value is -2.12. The summed E-state index contributed by atoms with van der Waals surface area (Å²) in [5.41, 5.74) is 1.75. The average Bonchev–Trinajstić information content (AvgIpc) is 3.23. The van der Waals surface area contributed by atoms with Crippen LogP contribution in [0.3, 0.4) is 0 Å². The summed E-state index contributed by atoms with van der Waals surface area (Å²) in [5.74, 6) is -1.89. The van der Waals surface area contributed by atoms with Crippen molar-refractivity contribution in [3.63, 3.8) is 0 Å². The van der Waals surface area contributed by atoms with Crippen molar-refractivity contribution in [2.75, 3.05) is 0 Å². The van der Waals surface area contributed by atoms with E-state index >= 15 is 0 Å². The number of nitrogens with one attached hydrogen (secondary N) is 1. The van der Waals surface area contributed by atoms with Crippen molar-refractivity contribution in [2.45, 2.75) is 38.1 Å². The molecule has 1 aromatic heterocycles. The number of hydrogen-bond acceptors (Lipinski definition) is 3. The molecular formula is C20H18F2N2OS2. The fraction of sp³-hybridized carbons (Fsp3) is 0.300. The second kappa shape index (κ2) is 7.48. The molecule has 3 nitrogen and oxygen atoms in total. The normalized spacial score (nSPS) is 19.8. The van der Waals surface area contributed by atoms with Gasteiger partial charge < -0.3 is 5.32 Å². The molecule has 7 heteroatoms. The van der Waals surface area contributed by atoms with Crippen molar-refractivity contribution in [1.29, 1.82) is 0 Å². The lowest BCUT2D eigenvalue weighted by Gasteiger charge is -2.29. The molecule has 27 heavy (non-hydrogen) atoms. The molecule has 1 amide bonds. The third-order valence-corrected chi connectivity index (χ3v) is 6.21. The highest BCUT2D eigenvalue weighted by Gasteiger charge is 2.36. The lowest BCUT2D eigenvalue weighted by molar-refractivity contribution is -0.124. The molecule has 1 aliphatic heterocycles. The molecular weight excluding hydrogens is 386 g/mol. The van der Waals surface area contributed by atoms with Crippen LogP contribution in [0, 0.1) is 11.6 Å². The molecule has 1 saturated heterocycles. The molecule has 0 radical (unpaired) electrons. The van der Waals surface area contributed by atoms with E-state index in [2.05, 4.69) is 5.32 Å². The number of hydrogen-bond donors (Lipinski definition) is 1. The molecule has 1 aromatic carbocycles. The van der Waals surface area contributed by atoms with Gasteiger partial charge in [0.2, 0.25) is 0 Å². The SMILES string of the molecule is O=C1/C(=C/c2sccc2-c2ccc(F)c(F)c2)NC(=S)N1C1CCCCC1. The number of thiocarbonyl (C=S) groups is 1. The summed E-state index contributed by atoms with van der Waals surface area (Å²) >= 11 is 6.83. The minimum Gasteiger partial charge on any atom is -0.328 e. The maximum Gasteiger partial charge on any atom is 0.276 e. The highest BCUT2D eigenvalue weighted by Crippen LogP contribution is 2.32. The van der Waals surface area contributed by atoms with Gasteiger partial charge in [-0.25, -0.2) is 8.78 Å². The number of halogens is 2. The number of carbonyl (C=O) groups excluding carboxylic acids is 1. The molecule has 2 heterocycles. The second-order valence-corrected chi connectivity index (χ2v) is 8.12. The van der Waals surface area contributed by atoms with Crippen LogP contribution >= 0.6 is 23.6 Å². The number of thiophene rings is 1. The Morgan fingerprint density at radius 3 is 2.67 bits per heavy atom. The van der Waals surface area contributed by atoms with E-state index in [0.717, 1.165) is 42.2 Å². The number of nitrogens with zero attached hydrogens (tertiary/aromatic N) is 1.